The number of aromatic nitrogens is 2. The van der Waals surface area contributed by atoms with E-state index >= 15 is 0 Å². The molecule has 2 aliphatic heterocycles. The molecule has 2 saturated heterocycles. The molecule has 2 aromatic heterocycles. The van der Waals surface area contributed by atoms with Gasteiger partial charge in [0.2, 0.25) is 23.6 Å². The van der Waals surface area contributed by atoms with E-state index in [2.05, 4.69) is 0 Å². The molecule has 3 fully saturated rings. The lowest BCUT2D eigenvalue weighted by Crippen LogP contribution is -2.49. The van der Waals surface area contributed by atoms with Crippen LogP contribution >= 0.6 is 22.9 Å². The number of carbonyl (C=O) groups is 5. The number of carbonyl (C=O) groups excluding carboxylic acids is 4. The highest BCUT2D eigenvalue weighted by Gasteiger charge is 2.67. The fourth-order valence-electron chi connectivity index (χ4n) is 9.33. The largest absolute Gasteiger partial charge is 0.504 e. The Hall–Kier alpha value is -5.27. The van der Waals surface area contributed by atoms with Crippen LogP contribution in [0.3, 0.4) is 0 Å². The predicted octanol–water partition coefficient (Wildman–Crippen LogP) is 6.62. The van der Waals surface area contributed by atoms with Gasteiger partial charge in [0, 0.05) is 41.7 Å². The summed E-state index contributed by atoms with van der Waals surface area (Å²) in [4.78, 5) is 72.0. The van der Waals surface area contributed by atoms with Crippen LogP contribution in [-0.2, 0) is 31.0 Å². The summed E-state index contributed by atoms with van der Waals surface area (Å²) in [7, 11) is 3.15. The lowest BCUT2D eigenvalue weighted by Gasteiger charge is -2.47. The highest BCUT2D eigenvalue weighted by molar-refractivity contribution is 7.22. The van der Waals surface area contributed by atoms with E-state index in [4.69, 9.17) is 21.4 Å². The zero-order valence-corrected chi connectivity index (χ0v) is 32.2. The van der Waals surface area contributed by atoms with Gasteiger partial charge in [-0.05, 0) is 85.9 Å². The second kappa shape index (κ2) is 13.5. The first kappa shape index (κ1) is 36.7. The Bertz CT molecular complexity index is 2400. The quantitative estimate of drug-likeness (QED) is 0.141. The number of imide groups is 2. The molecule has 2 aliphatic carbocycles. The van der Waals surface area contributed by atoms with Crippen molar-refractivity contribution in [2.45, 2.75) is 39.5 Å². The molecule has 284 valence electrons. The molecule has 12 nitrogen and oxygen atoms in total. The molecule has 4 aliphatic rings. The van der Waals surface area contributed by atoms with E-state index < -0.39 is 46.9 Å². The van der Waals surface area contributed by atoms with Crippen LogP contribution in [-0.4, -0.2) is 68.1 Å². The van der Waals surface area contributed by atoms with E-state index in [0.29, 0.717) is 22.1 Å². The number of phenolic OH excluding ortho intramolecular Hbond substituents is 1. The van der Waals surface area contributed by atoms with Gasteiger partial charge < -0.3 is 14.9 Å². The number of aliphatic carboxylic acids is 1. The van der Waals surface area contributed by atoms with Gasteiger partial charge >= 0.3 is 5.97 Å². The van der Waals surface area contributed by atoms with Crippen molar-refractivity contribution in [1.29, 1.82) is 0 Å². The zero-order chi connectivity index (χ0) is 39.1. The molecule has 1 saturated carbocycles. The summed E-state index contributed by atoms with van der Waals surface area (Å²) in [6, 6.07) is 12.4. The molecule has 55 heavy (non-hydrogen) atoms. The number of allylic oxidation sites excluding steroid dienone is 3. The lowest BCUT2D eigenvalue weighted by molar-refractivity contribution is -0.142. The summed E-state index contributed by atoms with van der Waals surface area (Å²) in [5.74, 6) is -5.27. The number of benzene rings is 2. The number of hydrogen-bond acceptors (Lipinski definition) is 9. The van der Waals surface area contributed by atoms with E-state index in [1.165, 1.54) is 23.0 Å². The molecule has 2 N–H and O–H groups in total. The number of aromatic hydroxyl groups is 1. The SMILES string of the molecule is COc1cc(C=C[C@H]2C3=CC[C@@H]4C(=O)N(CCCC(=O)O)C(=O)[C@@H]4[C@@H]3C[C@H]3C(=O)N(c4cc(-c5sc6ccc(Cl)cc6c5C)nn4C)C(=O)[C@@]23C)ccc1O. The van der Waals surface area contributed by atoms with Gasteiger partial charge in [0.15, 0.2) is 11.5 Å². The first-order valence-electron chi connectivity index (χ1n) is 18.2. The normalized spacial score (nSPS) is 26.2. The van der Waals surface area contributed by atoms with Crippen molar-refractivity contribution < 1.29 is 38.9 Å². The second-order valence-electron chi connectivity index (χ2n) is 15.0. The number of likely N-dealkylation sites (tertiary alicyclic amines) is 1. The van der Waals surface area contributed by atoms with Gasteiger partial charge in [-0.1, -0.05) is 41.5 Å². The third-order valence-corrected chi connectivity index (χ3v) is 13.6. The maximum atomic E-state index is 15.0. The van der Waals surface area contributed by atoms with Crippen LogP contribution < -0.4 is 9.64 Å². The Kier molecular flexibility index (Phi) is 9.00. The molecule has 4 heterocycles. The molecule has 2 aromatic carbocycles. The Labute approximate surface area is 325 Å². The van der Waals surface area contributed by atoms with Crippen molar-refractivity contribution in [2.75, 3.05) is 18.6 Å². The summed E-state index contributed by atoms with van der Waals surface area (Å²) in [6.07, 6.45) is 6.11. The summed E-state index contributed by atoms with van der Waals surface area (Å²) >= 11 is 7.86. The minimum Gasteiger partial charge on any atom is -0.504 e. The number of methoxy groups -OCH3 is 1. The third kappa shape index (κ3) is 5.69. The second-order valence-corrected chi connectivity index (χ2v) is 16.5. The van der Waals surface area contributed by atoms with E-state index in [9.17, 15) is 34.2 Å². The molecule has 0 radical (unpaired) electrons. The van der Waals surface area contributed by atoms with Gasteiger partial charge in [-0.3, -0.25) is 33.6 Å². The Morgan fingerprint density at radius 3 is 2.62 bits per heavy atom. The summed E-state index contributed by atoms with van der Waals surface area (Å²) < 4.78 is 7.90. The molecular weight excluding hydrogens is 744 g/mol. The van der Waals surface area contributed by atoms with Crippen molar-refractivity contribution in [2.24, 2.45) is 42.1 Å². The van der Waals surface area contributed by atoms with Crippen molar-refractivity contribution in [3.63, 3.8) is 0 Å². The Morgan fingerprint density at radius 2 is 1.87 bits per heavy atom. The van der Waals surface area contributed by atoms with E-state index in [1.807, 2.05) is 50.3 Å². The standard InChI is InChI=1S/C41H39ClN4O8S/c1-20-25-17-22(42)9-14-32(25)55-36(20)29-19-33(44(3)43-29)46-38(51)28-18-26-23(10-11-24-35(26)39(52)45(37(24)50)15-5-6-34(48)49)27(41(28,2)40(46)53)12-7-21-8-13-30(47)31(16-21)54-4/h7-10,12-14,16-17,19,24,26-28,35,47H,5-6,11,15,18H2,1-4H3,(H,48,49)/t24-,26+,27-,28-,35-,41-/m0/s1. The topological polar surface area (TPSA) is 159 Å². The Balaban J connectivity index is 1.20. The van der Waals surface area contributed by atoms with Gasteiger partial charge in [0.1, 0.15) is 11.5 Å². The maximum absolute atomic E-state index is 15.0. The predicted molar refractivity (Wildman–Crippen MR) is 206 cm³/mol. The molecule has 8 rings (SSSR count). The number of hydrogen-bond donors (Lipinski definition) is 2. The van der Waals surface area contributed by atoms with Crippen LogP contribution in [0.15, 0.2) is 60.2 Å². The van der Waals surface area contributed by atoms with Crippen LogP contribution in [0.25, 0.3) is 26.7 Å². The summed E-state index contributed by atoms with van der Waals surface area (Å²) in [5.41, 5.74) is 1.85. The minimum absolute atomic E-state index is 0.00646. The van der Waals surface area contributed by atoms with Crippen molar-refractivity contribution >= 4 is 74.5 Å². The van der Waals surface area contributed by atoms with E-state index in [0.717, 1.165) is 26.1 Å². The van der Waals surface area contributed by atoms with Crippen molar-refractivity contribution in [3.05, 3.63) is 76.3 Å². The monoisotopic (exact) mass is 782 g/mol. The molecule has 4 amide bonds. The Morgan fingerprint density at radius 1 is 1.09 bits per heavy atom. The van der Waals surface area contributed by atoms with Gasteiger partial charge in [-0.2, -0.15) is 5.10 Å². The number of aryl methyl sites for hydroxylation is 2. The smallest absolute Gasteiger partial charge is 0.303 e. The molecule has 0 spiro atoms. The van der Waals surface area contributed by atoms with Crippen LogP contribution in [0, 0.1) is 41.9 Å². The minimum atomic E-state index is -1.26. The number of halogens is 1. The number of carboxylic acids is 1. The molecule has 0 bridgehead atoms. The van der Waals surface area contributed by atoms with Crippen molar-refractivity contribution in [3.8, 4) is 22.1 Å². The summed E-state index contributed by atoms with van der Waals surface area (Å²) in [5, 5.41) is 25.8. The molecule has 6 atom stereocenters. The number of fused-ring (bicyclic) bond motifs is 5. The van der Waals surface area contributed by atoms with Gasteiger partial charge in [0.25, 0.3) is 0 Å². The molecule has 14 heteroatoms. The fourth-order valence-corrected chi connectivity index (χ4v) is 10.6. The highest BCUT2D eigenvalue weighted by atomic mass is 35.5. The van der Waals surface area contributed by atoms with Crippen LogP contribution in [0.5, 0.6) is 11.5 Å². The average Bonchev–Trinajstić information content (AvgIpc) is 3.82. The zero-order valence-electron chi connectivity index (χ0n) is 30.6. The molecule has 4 aromatic rings. The highest BCUT2D eigenvalue weighted by Crippen LogP contribution is 2.61. The van der Waals surface area contributed by atoms with Crippen LogP contribution in [0.2, 0.25) is 5.02 Å². The van der Waals surface area contributed by atoms with Crippen molar-refractivity contribution in [1.82, 2.24) is 14.7 Å². The van der Waals surface area contributed by atoms with Crippen LogP contribution in [0.4, 0.5) is 5.82 Å². The first-order chi connectivity index (χ1) is 26.2. The fraction of sp³-hybridized carbons (Fsp3) is 0.366. The number of phenols is 1. The average molecular weight is 783 g/mol. The molecule has 0 unspecified atom stereocenters. The lowest BCUT2D eigenvalue weighted by atomic mass is 9.52. The number of nitrogens with zero attached hydrogens (tertiary/aromatic N) is 4. The number of rotatable bonds is 9. The number of thiophene rings is 1. The van der Waals surface area contributed by atoms with Gasteiger partial charge in [-0.25, -0.2) is 4.90 Å². The number of carboxylic acid groups (broad SMARTS) is 1. The summed E-state index contributed by atoms with van der Waals surface area (Å²) in [6.45, 7) is 3.81. The third-order valence-electron chi connectivity index (χ3n) is 12.1. The first-order valence-corrected chi connectivity index (χ1v) is 19.4. The van der Waals surface area contributed by atoms with Gasteiger partial charge in [0.05, 0.1) is 35.2 Å². The number of anilines is 1. The number of ether oxygens (including phenoxy) is 1. The van der Waals surface area contributed by atoms with Gasteiger partial charge in [-0.15, -0.1) is 11.3 Å². The molecular formula is C41H39ClN4O8S. The number of amides is 4. The van der Waals surface area contributed by atoms with E-state index in [1.54, 1.807) is 41.3 Å². The van der Waals surface area contributed by atoms with E-state index in [-0.39, 0.29) is 61.4 Å². The maximum Gasteiger partial charge on any atom is 0.303 e. The van der Waals surface area contributed by atoms with Crippen LogP contribution in [0.1, 0.15) is 43.7 Å².